The van der Waals surface area contributed by atoms with Gasteiger partial charge in [-0.1, -0.05) is 38.1 Å². The van der Waals surface area contributed by atoms with Crippen molar-refractivity contribution in [2.75, 3.05) is 38.1 Å². The summed E-state index contributed by atoms with van der Waals surface area (Å²) in [5.74, 6) is 0.649. The molecule has 1 unspecified atom stereocenters. The maximum Gasteiger partial charge on any atom is 0.261 e. The number of H-pyrrole nitrogens is 1. The number of para-hydroxylation sites is 1. The van der Waals surface area contributed by atoms with E-state index in [1.165, 1.54) is 21.3 Å². The summed E-state index contributed by atoms with van der Waals surface area (Å²) in [6.07, 6.45) is 4.99. The van der Waals surface area contributed by atoms with Gasteiger partial charge in [0.2, 0.25) is 0 Å². The minimum atomic E-state index is 0.0425. The number of carbonyl (C=O) groups excluding carboxylic acids is 1. The van der Waals surface area contributed by atoms with Gasteiger partial charge in [0.1, 0.15) is 0 Å². The molecule has 1 aliphatic rings. The summed E-state index contributed by atoms with van der Waals surface area (Å²) < 4.78 is 1.18. The van der Waals surface area contributed by atoms with E-state index < -0.39 is 0 Å². The van der Waals surface area contributed by atoms with Crippen LogP contribution in [0.5, 0.6) is 0 Å². The lowest BCUT2D eigenvalue weighted by molar-refractivity contribution is 0.0937. The molecule has 2 aromatic heterocycles. The van der Waals surface area contributed by atoms with E-state index in [9.17, 15) is 4.79 Å². The van der Waals surface area contributed by atoms with Crippen LogP contribution >= 0.6 is 11.3 Å². The Morgan fingerprint density at radius 2 is 1.86 bits per heavy atom. The molecule has 5 nitrogen and oxygen atoms in total. The molecule has 2 N–H and O–H groups in total. The zero-order valence-electron chi connectivity index (χ0n) is 21.0. The quantitative estimate of drug-likeness (QED) is 0.324. The molecule has 1 fully saturated rings. The first kappa shape index (κ1) is 23.9. The van der Waals surface area contributed by atoms with Crippen molar-refractivity contribution < 1.29 is 4.79 Å². The van der Waals surface area contributed by atoms with Crippen molar-refractivity contribution in [2.45, 2.75) is 39.2 Å². The summed E-state index contributed by atoms with van der Waals surface area (Å²) in [4.78, 5) is 22.3. The van der Waals surface area contributed by atoms with Gasteiger partial charge in [-0.05, 0) is 67.4 Å². The van der Waals surface area contributed by atoms with E-state index in [0.29, 0.717) is 5.92 Å². The fourth-order valence-corrected chi connectivity index (χ4v) is 5.97. The monoisotopic (exact) mass is 488 g/mol. The number of rotatable bonds is 8. The highest BCUT2D eigenvalue weighted by Crippen LogP contribution is 2.30. The molecule has 1 saturated heterocycles. The number of hydrogen-bond donors (Lipinski definition) is 2. The summed E-state index contributed by atoms with van der Waals surface area (Å²) in [6.45, 7) is 8.76. The van der Waals surface area contributed by atoms with E-state index in [1.807, 2.05) is 6.07 Å². The molecule has 1 amide bonds. The molecule has 0 radical (unpaired) electrons. The first-order valence-corrected chi connectivity index (χ1v) is 13.6. The van der Waals surface area contributed by atoms with E-state index in [-0.39, 0.29) is 11.9 Å². The number of carbonyl (C=O) groups is 1. The van der Waals surface area contributed by atoms with E-state index in [2.05, 4.69) is 89.7 Å². The van der Waals surface area contributed by atoms with Crippen molar-refractivity contribution in [3.05, 3.63) is 65.2 Å². The third kappa shape index (κ3) is 5.54. The zero-order chi connectivity index (χ0) is 24.4. The molecule has 5 rings (SSSR count). The number of nitrogens with one attached hydrogen (secondary N) is 2. The van der Waals surface area contributed by atoms with Crippen LogP contribution in [0.4, 0.5) is 5.69 Å². The van der Waals surface area contributed by atoms with E-state index in [0.717, 1.165) is 61.2 Å². The van der Waals surface area contributed by atoms with Crippen molar-refractivity contribution in [1.82, 2.24) is 15.2 Å². The fraction of sp³-hybridized carbons (Fsp3) is 0.414. The molecule has 35 heavy (non-hydrogen) atoms. The van der Waals surface area contributed by atoms with Crippen LogP contribution in [0, 0.1) is 5.92 Å². The van der Waals surface area contributed by atoms with Crippen LogP contribution in [0.15, 0.2) is 54.7 Å². The third-order valence-electron chi connectivity index (χ3n) is 7.16. The largest absolute Gasteiger partial charge is 0.369 e. The molecule has 3 heterocycles. The molecule has 0 saturated carbocycles. The van der Waals surface area contributed by atoms with Crippen molar-refractivity contribution in [2.24, 2.45) is 5.92 Å². The Labute approximate surface area is 212 Å². The third-order valence-corrected chi connectivity index (χ3v) is 8.26. The Kier molecular flexibility index (Phi) is 7.12. The average molecular weight is 489 g/mol. The Morgan fingerprint density at radius 1 is 1.06 bits per heavy atom. The van der Waals surface area contributed by atoms with Crippen molar-refractivity contribution in [3.63, 3.8) is 0 Å². The van der Waals surface area contributed by atoms with E-state index >= 15 is 0 Å². The lowest BCUT2D eigenvalue weighted by Gasteiger charge is -2.34. The van der Waals surface area contributed by atoms with Gasteiger partial charge in [0.05, 0.1) is 4.88 Å². The number of aromatic amines is 1. The van der Waals surface area contributed by atoms with Gasteiger partial charge in [0, 0.05) is 59.7 Å². The van der Waals surface area contributed by atoms with E-state index in [1.54, 1.807) is 11.3 Å². The van der Waals surface area contributed by atoms with Gasteiger partial charge in [-0.15, -0.1) is 11.3 Å². The minimum Gasteiger partial charge on any atom is -0.369 e. The first-order chi connectivity index (χ1) is 17.0. The van der Waals surface area contributed by atoms with Gasteiger partial charge < -0.3 is 20.1 Å². The van der Waals surface area contributed by atoms with Crippen LogP contribution in [0.3, 0.4) is 0 Å². The highest BCUT2D eigenvalue weighted by atomic mass is 32.1. The average Bonchev–Trinajstić information content (AvgIpc) is 3.47. The van der Waals surface area contributed by atoms with Crippen molar-refractivity contribution in [1.29, 1.82) is 0 Å². The summed E-state index contributed by atoms with van der Waals surface area (Å²) in [7, 11) is 2.18. The number of anilines is 1. The molecule has 6 heteroatoms. The lowest BCUT2D eigenvalue weighted by atomic mass is 9.97. The Hall–Kier alpha value is -2.83. The van der Waals surface area contributed by atoms with Gasteiger partial charge in [0.15, 0.2) is 0 Å². The molecule has 0 bridgehead atoms. The van der Waals surface area contributed by atoms with E-state index in [4.69, 9.17) is 0 Å². The summed E-state index contributed by atoms with van der Waals surface area (Å²) in [6, 6.07) is 17.2. The second-order valence-electron chi connectivity index (χ2n) is 10.3. The van der Waals surface area contributed by atoms with Gasteiger partial charge in [0.25, 0.3) is 5.91 Å². The van der Waals surface area contributed by atoms with Crippen LogP contribution in [0.2, 0.25) is 0 Å². The SMILES string of the molecule is CC(C)CCC(Cc1c[nH]c2ccccc12)NC(=O)c1cc2ccc(N3CCN(C)CC3)cc2s1. The number of aromatic nitrogens is 1. The van der Waals surface area contributed by atoms with Crippen LogP contribution in [0.1, 0.15) is 41.9 Å². The van der Waals surface area contributed by atoms with Crippen LogP contribution in [-0.4, -0.2) is 55.1 Å². The van der Waals surface area contributed by atoms with Crippen molar-refractivity contribution in [3.8, 4) is 0 Å². The number of fused-ring (bicyclic) bond motifs is 2. The first-order valence-electron chi connectivity index (χ1n) is 12.8. The summed E-state index contributed by atoms with van der Waals surface area (Å²) in [5, 5.41) is 5.77. The number of nitrogens with zero attached hydrogens (tertiary/aromatic N) is 2. The molecule has 2 aromatic carbocycles. The maximum atomic E-state index is 13.4. The molecule has 0 aliphatic carbocycles. The van der Waals surface area contributed by atoms with Gasteiger partial charge >= 0.3 is 0 Å². The molecule has 184 valence electrons. The van der Waals surface area contributed by atoms with Crippen LogP contribution in [-0.2, 0) is 6.42 Å². The standard InChI is InChI=1S/C29H36N4OS/c1-20(2)8-10-23(16-22-19-30-26-7-5-4-6-25(22)26)31-29(34)28-17-21-9-11-24(18-27(21)35-28)33-14-12-32(3)13-15-33/h4-7,9,11,17-20,23,30H,8,10,12-16H2,1-3H3,(H,31,34). The molecule has 1 atom stereocenters. The Balaban J connectivity index is 1.32. The molecular weight excluding hydrogens is 452 g/mol. The predicted molar refractivity (Wildman–Crippen MR) is 149 cm³/mol. The summed E-state index contributed by atoms with van der Waals surface area (Å²) in [5.41, 5.74) is 3.67. The number of likely N-dealkylation sites (N-methyl/N-ethyl adjacent to an activating group) is 1. The highest BCUT2D eigenvalue weighted by Gasteiger charge is 2.20. The van der Waals surface area contributed by atoms with Gasteiger partial charge in [-0.25, -0.2) is 0 Å². The molecule has 4 aromatic rings. The zero-order valence-corrected chi connectivity index (χ0v) is 21.8. The topological polar surface area (TPSA) is 51.4 Å². The maximum absolute atomic E-state index is 13.4. The Bertz CT molecular complexity index is 1300. The predicted octanol–water partition coefficient (Wildman–Crippen LogP) is 5.91. The van der Waals surface area contributed by atoms with Crippen LogP contribution in [0.25, 0.3) is 21.0 Å². The minimum absolute atomic E-state index is 0.0425. The van der Waals surface area contributed by atoms with Gasteiger partial charge in [-0.3, -0.25) is 4.79 Å². The normalized spacial score (nSPS) is 15.8. The molecule has 1 aliphatic heterocycles. The second-order valence-corrected chi connectivity index (χ2v) is 11.4. The molecule has 0 spiro atoms. The number of piperazine rings is 1. The Morgan fingerprint density at radius 3 is 2.66 bits per heavy atom. The van der Waals surface area contributed by atoms with Crippen LogP contribution < -0.4 is 10.2 Å². The molecular formula is C29H36N4OS. The number of amides is 1. The van der Waals surface area contributed by atoms with Crippen molar-refractivity contribution >= 4 is 43.9 Å². The lowest BCUT2D eigenvalue weighted by Crippen LogP contribution is -2.44. The summed E-state index contributed by atoms with van der Waals surface area (Å²) >= 11 is 1.61. The highest BCUT2D eigenvalue weighted by molar-refractivity contribution is 7.20. The van der Waals surface area contributed by atoms with Gasteiger partial charge in [-0.2, -0.15) is 0 Å². The number of hydrogen-bond acceptors (Lipinski definition) is 4. The number of benzene rings is 2. The fourth-order valence-electron chi connectivity index (χ4n) is 4.98. The smallest absolute Gasteiger partial charge is 0.261 e. The second kappa shape index (κ2) is 10.4. The number of thiophene rings is 1.